The van der Waals surface area contributed by atoms with E-state index in [1.165, 1.54) is 19.3 Å². The van der Waals surface area contributed by atoms with Gasteiger partial charge in [-0.3, -0.25) is 0 Å². The third kappa shape index (κ3) is 2.48. The Bertz CT molecular complexity index is 279. The van der Waals surface area contributed by atoms with E-state index in [1.807, 2.05) is 0 Å². The predicted molar refractivity (Wildman–Crippen MR) is 52.8 cm³/mol. The van der Waals surface area contributed by atoms with Crippen molar-refractivity contribution >= 4 is 5.88 Å². The molecule has 1 unspecified atom stereocenters. The first-order valence-corrected chi connectivity index (χ1v) is 5.17. The van der Waals surface area contributed by atoms with Crippen LogP contribution in [0.15, 0.2) is 10.6 Å². The zero-order valence-corrected chi connectivity index (χ0v) is 8.24. The highest BCUT2D eigenvalue weighted by atomic mass is 16.5. The highest BCUT2D eigenvalue weighted by molar-refractivity contribution is 5.24. The van der Waals surface area contributed by atoms with Crippen molar-refractivity contribution in [1.29, 1.82) is 0 Å². The number of hydrogen-bond donors (Lipinski definition) is 1. The highest BCUT2D eigenvalue weighted by Gasteiger charge is 2.14. The van der Waals surface area contributed by atoms with Crippen molar-refractivity contribution < 1.29 is 9.26 Å². The molecule has 1 aliphatic heterocycles. The molecule has 0 bridgehead atoms. The second-order valence-electron chi connectivity index (χ2n) is 3.75. The number of anilines is 1. The molecule has 4 nitrogen and oxygen atoms in total. The molecule has 1 fully saturated rings. The van der Waals surface area contributed by atoms with Gasteiger partial charge in [0.05, 0.1) is 11.8 Å². The lowest BCUT2D eigenvalue weighted by atomic mass is 10.0. The van der Waals surface area contributed by atoms with Gasteiger partial charge >= 0.3 is 0 Å². The molecular weight excluding hydrogens is 180 g/mol. The lowest BCUT2D eigenvalue weighted by Crippen LogP contribution is -2.19. The number of nitrogens with zero attached hydrogens (tertiary/aromatic N) is 1. The molecular formula is C10H16N2O2. The summed E-state index contributed by atoms with van der Waals surface area (Å²) in [5, 5.41) is 3.84. The van der Waals surface area contributed by atoms with Gasteiger partial charge in [-0.05, 0) is 32.1 Å². The van der Waals surface area contributed by atoms with E-state index in [0.717, 1.165) is 25.1 Å². The van der Waals surface area contributed by atoms with E-state index in [4.69, 9.17) is 15.0 Å². The minimum atomic E-state index is 0.393. The first-order chi connectivity index (χ1) is 6.84. The molecule has 0 aliphatic carbocycles. The Morgan fingerprint density at radius 3 is 3.07 bits per heavy atom. The quantitative estimate of drug-likeness (QED) is 0.800. The summed E-state index contributed by atoms with van der Waals surface area (Å²) in [5.41, 5.74) is 6.35. The predicted octanol–water partition coefficient (Wildman–Crippen LogP) is 1.76. The number of aryl methyl sites for hydroxylation is 1. The van der Waals surface area contributed by atoms with E-state index < -0.39 is 0 Å². The Morgan fingerprint density at radius 1 is 1.50 bits per heavy atom. The first-order valence-electron chi connectivity index (χ1n) is 5.17. The van der Waals surface area contributed by atoms with Crippen molar-refractivity contribution in [3.8, 4) is 0 Å². The minimum absolute atomic E-state index is 0.393. The number of nitrogens with two attached hydrogens (primary N) is 1. The molecule has 0 spiro atoms. The molecule has 1 aromatic heterocycles. The van der Waals surface area contributed by atoms with Gasteiger partial charge in [-0.1, -0.05) is 5.16 Å². The smallest absolute Gasteiger partial charge is 0.222 e. The molecule has 2 rings (SSSR count). The molecule has 4 heteroatoms. The fourth-order valence-electron chi connectivity index (χ4n) is 1.79. The van der Waals surface area contributed by atoms with Crippen molar-refractivity contribution in [2.75, 3.05) is 12.3 Å². The number of aromatic nitrogens is 1. The van der Waals surface area contributed by atoms with Crippen molar-refractivity contribution in [3.05, 3.63) is 11.8 Å². The van der Waals surface area contributed by atoms with Crippen LogP contribution in [-0.2, 0) is 11.2 Å². The van der Waals surface area contributed by atoms with Crippen LogP contribution in [0.3, 0.4) is 0 Å². The maximum Gasteiger partial charge on any atom is 0.222 e. The van der Waals surface area contributed by atoms with Gasteiger partial charge in [0.15, 0.2) is 0 Å². The van der Waals surface area contributed by atoms with E-state index in [1.54, 1.807) is 6.07 Å². The SMILES string of the molecule is Nc1cc(CCC2CCCCO2)no1. The molecule has 0 amide bonds. The Labute approximate surface area is 83.4 Å². The summed E-state index contributed by atoms with van der Waals surface area (Å²) in [7, 11) is 0. The molecule has 1 atom stereocenters. The largest absolute Gasteiger partial charge is 0.378 e. The van der Waals surface area contributed by atoms with E-state index >= 15 is 0 Å². The third-order valence-corrected chi connectivity index (χ3v) is 2.57. The second kappa shape index (κ2) is 4.46. The number of hydrogen-bond acceptors (Lipinski definition) is 4. The second-order valence-corrected chi connectivity index (χ2v) is 3.75. The van der Waals surface area contributed by atoms with E-state index in [2.05, 4.69) is 5.16 Å². The summed E-state index contributed by atoms with van der Waals surface area (Å²) >= 11 is 0. The fraction of sp³-hybridized carbons (Fsp3) is 0.700. The topological polar surface area (TPSA) is 61.3 Å². The van der Waals surface area contributed by atoms with Gasteiger partial charge < -0.3 is 15.0 Å². The van der Waals surface area contributed by atoms with Gasteiger partial charge in [0.2, 0.25) is 5.88 Å². The average molecular weight is 196 g/mol. The van der Waals surface area contributed by atoms with Gasteiger partial charge in [0.25, 0.3) is 0 Å². The van der Waals surface area contributed by atoms with Crippen LogP contribution in [0.2, 0.25) is 0 Å². The van der Waals surface area contributed by atoms with E-state index in [9.17, 15) is 0 Å². The Kier molecular flexibility index (Phi) is 3.03. The Hall–Kier alpha value is -1.03. The van der Waals surface area contributed by atoms with Crippen LogP contribution in [0.4, 0.5) is 5.88 Å². The summed E-state index contributed by atoms with van der Waals surface area (Å²) in [4.78, 5) is 0. The standard InChI is InChI=1S/C10H16N2O2/c11-10-7-8(12-14-10)4-5-9-3-1-2-6-13-9/h7,9H,1-6,11H2. The zero-order valence-electron chi connectivity index (χ0n) is 8.24. The first kappa shape index (κ1) is 9.52. The number of nitrogen functional groups attached to an aromatic ring is 1. The molecule has 0 radical (unpaired) electrons. The van der Waals surface area contributed by atoms with Crippen LogP contribution in [-0.4, -0.2) is 17.9 Å². The molecule has 2 heterocycles. The van der Waals surface area contributed by atoms with Gasteiger partial charge in [-0.25, -0.2) is 0 Å². The van der Waals surface area contributed by atoms with E-state index in [0.29, 0.717) is 12.0 Å². The lowest BCUT2D eigenvalue weighted by molar-refractivity contribution is 0.0113. The monoisotopic (exact) mass is 196 g/mol. The van der Waals surface area contributed by atoms with Crippen LogP contribution in [0.25, 0.3) is 0 Å². The molecule has 2 N–H and O–H groups in total. The highest BCUT2D eigenvalue weighted by Crippen LogP contribution is 2.18. The van der Waals surface area contributed by atoms with Crippen LogP contribution in [0.1, 0.15) is 31.4 Å². The van der Waals surface area contributed by atoms with Gasteiger partial charge in [0, 0.05) is 12.7 Å². The summed E-state index contributed by atoms with van der Waals surface area (Å²) in [6, 6.07) is 1.78. The zero-order chi connectivity index (χ0) is 9.80. The van der Waals surface area contributed by atoms with Crippen LogP contribution < -0.4 is 5.73 Å². The van der Waals surface area contributed by atoms with Crippen LogP contribution in [0, 0.1) is 0 Å². The van der Waals surface area contributed by atoms with Crippen LogP contribution in [0.5, 0.6) is 0 Å². The number of ether oxygens (including phenoxy) is 1. The summed E-state index contributed by atoms with van der Waals surface area (Å²) < 4.78 is 10.4. The summed E-state index contributed by atoms with van der Waals surface area (Å²) in [6.45, 7) is 0.908. The molecule has 0 saturated carbocycles. The molecule has 1 aliphatic rings. The third-order valence-electron chi connectivity index (χ3n) is 2.57. The Morgan fingerprint density at radius 2 is 2.43 bits per heavy atom. The van der Waals surface area contributed by atoms with Crippen molar-refractivity contribution in [1.82, 2.24) is 5.16 Å². The van der Waals surface area contributed by atoms with Crippen molar-refractivity contribution in [2.24, 2.45) is 0 Å². The summed E-state index contributed by atoms with van der Waals surface area (Å²) in [6.07, 6.45) is 5.98. The van der Waals surface area contributed by atoms with Crippen LogP contribution >= 0.6 is 0 Å². The fourth-order valence-corrected chi connectivity index (χ4v) is 1.79. The van der Waals surface area contributed by atoms with Gasteiger partial charge in [0.1, 0.15) is 0 Å². The van der Waals surface area contributed by atoms with Crippen molar-refractivity contribution in [3.63, 3.8) is 0 Å². The van der Waals surface area contributed by atoms with E-state index in [-0.39, 0.29) is 0 Å². The molecule has 0 aromatic carbocycles. The molecule has 1 saturated heterocycles. The molecule has 14 heavy (non-hydrogen) atoms. The molecule has 1 aromatic rings. The maximum atomic E-state index is 5.62. The Balaban J connectivity index is 1.76. The lowest BCUT2D eigenvalue weighted by Gasteiger charge is -2.21. The van der Waals surface area contributed by atoms with Gasteiger partial charge in [-0.15, -0.1) is 0 Å². The normalized spacial score (nSPS) is 22.4. The van der Waals surface area contributed by atoms with Crippen molar-refractivity contribution in [2.45, 2.75) is 38.2 Å². The number of rotatable bonds is 3. The summed E-state index contributed by atoms with van der Waals surface area (Å²) in [5.74, 6) is 0.393. The maximum absolute atomic E-state index is 5.62. The minimum Gasteiger partial charge on any atom is -0.378 e. The molecule has 78 valence electrons. The average Bonchev–Trinajstić information content (AvgIpc) is 2.63. The van der Waals surface area contributed by atoms with Gasteiger partial charge in [-0.2, -0.15) is 0 Å².